The number of hydrogen-bond donors (Lipinski definition) is 0. The predicted molar refractivity (Wildman–Crippen MR) is 286 cm³/mol. The fourth-order valence-corrected chi connectivity index (χ4v) is 7.10. The van der Waals surface area contributed by atoms with Crippen molar-refractivity contribution >= 4 is 0 Å². The molecule has 8 rings (SSSR count). The van der Waals surface area contributed by atoms with Crippen molar-refractivity contribution in [3.8, 4) is 0 Å². The van der Waals surface area contributed by atoms with Gasteiger partial charge in [-0.3, -0.25) is 0 Å². The maximum atomic E-state index is 12.6. The molecule has 1 saturated heterocycles. The molecule has 0 amide bonds. The fourth-order valence-electron chi connectivity index (χ4n) is 7.10. The zero-order chi connectivity index (χ0) is 53.1. The molecule has 0 radical (unpaired) electrons. The number of ether oxygens (including phenoxy) is 2. The van der Waals surface area contributed by atoms with E-state index < -0.39 is 23.3 Å². The minimum Gasteiger partial charge on any atom is -0.353 e. The van der Waals surface area contributed by atoms with Gasteiger partial charge in [0.2, 0.25) is 0 Å². The maximum Gasteiger partial charge on any atom is 0.161 e. The molecule has 2 saturated carbocycles. The van der Waals surface area contributed by atoms with Crippen LogP contribution in [0.3, 0.4) is 0 Å². The quantitative estimate of drug-likeness (QED) is 0.144. The Bertz CT molecular complexity index is 2010. The summed E-state index contributed by atoms with van der Waals surface area (Å²) in [5, 5.41) is 0. The first-order valence-corrected chi connectivity index (χ1v) is 25.3. The Morgan fingerprint density at radius 1 is 0.329 bits per heavy atom. The van der Waals surface area contributed by atoms with Gasteiger partial charge in [0.15, 0.2) is 17.9 Å². The highest BCUT2D eigenvalue weighted by Gasteiger charge is 2.15. The number of benzene rings is 5. The number of rotatable bonds is 0. The van der Waals surface area contributed by atoms with E-state index in [1.807, 2.05) is 32.9 Å². The van der Waals surface area contributed by atoms with Crippen molar-refractivity contribution in [2.45, 2.75) is 168 Å². The largest absolute Gasteiger partial charge is 0.353 e. The molecule has 2 aliphatic carbocycles. The van der Waals surface area contributed by atoms with E-state index in [2.05, 4.69) is 72.7 Å². The molecule has 0 N–H and O–H groups in total. The lowest BCUT2D eigenvalue weighted by Gasteiger charge is -2.24. The SMILES string of the molecule is CC1CCC(C)CC1.CC1CCC(C)CC1.CC1COC(C)OC1.Cc1cc(F)c(C)c(F)c1.Cc1ccc(C)c(F)c1.Cc1ccc(C)c(F)c1.Cc1ccc(C)c(F)c1F.Cc1ccc(C)cc1.[HH]. The average Bonchev–Trinajstić information content (AvgIpc) is 3.31. The third-order valence-corrected chi connectivity index (χ3v) is 12.6. The van der Waals surface area contributed by atoms with Crippen molar-refractivity contribution in [3.63, 3.8) is 0 Å². The molecule has 0 atom stereocenters. The Morgan fingerprint density at radius 2 is 0.586 bits per heavy atom. The van der Waals surface area contributed by atoms with E-state index in [1.165, 1.54) is 108 Å². The number of halogens is 6. The first-order chi connectivity index (χ1) is 32.8. The van der Waals surface area contributed by atoms with E-state index in [9.17, 15) is 26.3 Å². The predicted octanol–water partition coefficient (Wildman–Crippen LogP) is 19.3. The van der Waals surface area contributed by atoms with Crippen molar-refractivity contribution < 1.29 is 37.2 Å². The molecule has 0 spiro atoms. The van der Waals surface area contributed by atoms with Crippen molar-refractivity contribution in [3.05, 3.63) is 175 Å². The normalized spacial score (nSPS) is 20.0. The smallest absolute Gasteiger partial charge is 0.161 e. The second-order valence-electron chi connectivity index (χ2n) is 20.4. The molecule has 5 aromatic rings. The molecule has 1 heterocycles. The van der Waals surface area contributed by atoms with Crippen molar-refractivity contribution in [2.75, 3.05) is 13.2 Å². The molecular formula is C62H90F6O2. The number of aryl methyl sites for hydroxylation is 9. The topological polar surface area (TPSA) is 18.5 Å². The summed E-state index contributed by atoms with van der Waals surface area (Å²) in [5.74, 6) is 2.00. The minimum atomic E-state index is -0.736. The first kappa shape index (κ1) is 63.6. The van der Waals surface area contributed by atoms with Gasteiger partial charge in [-0.2, -0.15) is 0 Å². The van der Waals surface area contributed by atoms with E-state index in [0.717, 1.165) is 48.0 Å². The van der Waals surface area contributed by atoms with E-state index >= 15 is 0 Å². The van der Waals surface area contributed by atoms with Gasteiger partial charge in [0.1, 0.15) is 23.3 Å². The Hall–Kier alpha value is -4.40. The summed E-state index contributed by atoms with van der Waals surface area (Å²) in [7, 11) is 0. The van der Waals surface area contributed by atoms with Crippen LogP contribution in [0.25, 0.3) is 0 Å². The summed E-state index contributed by atoms with van der Waals surface area (Å²) < 4.78 is 85.9. The van der Waals surface area contributed by atoms with Crippen LogP contribution in [0.1, 0.15) is 150 Å². The summed E-state index contributed by atoms with van der Waals surface area (Å²) in [4.78, 5) is 0. The Balaban J connectivity index is 0.000000788. The second kappa shape index (κ2) is 34.1. The molecule has 5 aromatic carbocycles. The van der Waals surface area contributed by atoms with Gasteiger partial charge < -0.3 is 9.47 Å². The van der Waals surface area contributed by atoms with Crippen LogP contribution in [-0.2, 0) is 9.47 Å². The van der Waals surface area contributed by atoms with Crippen LogP contribution in [0.2, 0.25) is 0 Å². The first-order valence-electron chi connectivity index (χ1n) is 25.3. The summed E-state index contributed by atoms with van der Waals surface area (Å²) in [5.41, 5.74) is 7.42. The zero-order valence-corrected chi connectivity index (χ0v) is 45.7. The third kappa shape index (κ3) is 27.8. The molecule has 0 unspecified atom stereocenters. The second-order valence-corrected chi connectivity index (χ2v) is 20.4. The monoisotopic (exact) mass is 981 g/mol. The summed E-state index contributed by atoms with van der Waals surface area (Å²) >= 11 is 0. The van der Waals surface area contributed by atoms with Gasteiger partial charge in [-0.1, -0.05) is 158 Å². The van der Waals surface area contributed by atoms with Gasteiger partial charge in [-0.05, 0) is 163 Å². The van der Waals surface area contributed by atoms with Crippen LogP contribution in [0.4, 0.5) is 26.3 Å². The van der Waals surface area contributed by atoms with E-state index in [1.54, 1.807) is 45.0 Å². The van der Waals surface area contributed by atoms with Crippen molar-refractivity contribution in [2.24, 2.45) is 29.6 Å². The summed E-state index contributed by atoms with van der Waals surface area (Å²) in [6.45, 7) is 32.8. The molecule has 1 aliphatic heterocycles. The highest BCUT2D eigenvalue weighted by molar-refractivity contribution is 5.25. The molecule has 0 aromatic heterocycles. The fraction of sp³-hybridized carbons (Fsp3) is 0.516. The Morgan fingerprint density at radius 3 is 0.843 bits per heavy atom. The lowest BCUT2D eigenvalue weighted by Crippen LogP contribution is -2.27. The maximum absolute atomic E-state index is 12.6. The standard InChI is InChI=1S/2C8H8F2.2C8H9F.2C8H16.C8H10.C6H12O2.H2/c1-5-3-7(9)6(2)8(10)4-5;1-5-3-4-6(2)8(10)7(5)9;2*1-6-3-4-7(2)8(9)5-6;3*1-7-3-5-8(2)6-4-7;1-5-3-7-6(2)8-4-5;/h2*3-4H,1-2H3;2*3-5H,1-2H3;2*7-8H,3-6H2,1-2H3;3-6H,1-2H3;5-6H,3-4H2,1-2H3;1H. The molecule has 0 bridgehead atoms. The molecular weight excluding hydrogens is 891 g/mol. The van der Waals surface area contributed by atoms with E-state index in [0.29, 0.717) is 33.7 Å². The molecule has 70 heavy (non-hydrogen) atoms. The van der Waals surface area contributed by atoms with E-state index in [4.69, 9.17) is 9.47 Å². The van der Waals surface area contributed by atoms with Gasteiger partial charge in [0.25, 0.3) is 0 Å². The van der Waals surface area contributed by atoms with Gasteiger partial charge in [0, 0.05) is 12.9 Å². The van der Waals surface area contributed by atoms with Crippen LogP contribution >= 0.6 is 0 Å². The van der Waals surface area contributed by atoms with Crippen LogP contribution < -0.4 is 0 Å². The highest BCUT2D eigenvalue weighted by atomic mass is 19.2. The molecule has 2 nitrogen and oxygen atoms in total. The van der Waals surface area contributed by atoms with Gasteiger partial charge >= 0.3 is 0 Å². The summed E-state index contributed by atoms with van der Waals surface area (Å²) in [6.07, 6.45) is 11.8. The summed E-state index contributed by atoms with van der Waals surface area (Å²) in [6, 6.07) is 24.7. The van der Waals surface area contributed by atoms with Crippen LogP contribution in [0.5, 0.6) is 0 Å². The number of hydrogen-bond acceptors (Lipinski definition) is 2. The average molecular weight is 981 g/mol. The van der Waals surface area contributed by atoms with Gasteiger partial charge in [0.05, 0.1) is 13.2 Å². The highest BCUT2D eigenvalue weighted by Crippen LogP contribution is 2.28. The van der Waals surface area contributed by atoms with E-state index in [-0.39, 0.29) is 24.9 Å². The lowest BCUT2D eigenvalue weighted by atomic mass is 9.84. The molecule has 3 aliphatic rings. The van der Waals surface area contributed by atoms with Crippen LogP contribution in [-0.4, -0.2) is 19.5 Å². The molecule has 8 heteroatoms. The van der Waals surface area contributed by atoms with Crippen LogP contribution in [0.15, 0.2) is 84.9 Å². The lowest BCUT2D eigenvalue weighted by molar-refractivity contribution is -0.187. The Labute approximate surface area is 422 Å². The Kier molecular flexibility index (Phi) is 30.9. The molecule has 392 valence electrons. The minimum absolute atomic E-state index is 0. The van der Waals surface area contributed by atoms with Gasteiger partial charge in [-0.25, -0.2) is 26.3 Å². The molecule has 3 fully saturated rings. The zero-order valence-electron chi connectivity index (χ0n) is 45.7. The third-order valence-electron chi connectivity index (χ3n) is 12.6. The van der Waals surface area contributed by atoms with Crippen LogP contribution in [0, 0.1) is 134 Å². The van der Waals surface area contributed by atoms with Crippen molar-refractivity contribution in [1.82, 2.24) is 0 Å². The van der Waals surface area contributed by atoms with Gasteiger partial charge in [-0.15, -0.1) is 0 Å². The van der Waals surface area contributed by atoms with Crippen molar-refractivity contribution in [1.29, 1.82) is 0 Å².